The van der Waals surface area contributed by atoms with Gasteiger partial charge in [-0.3, -0.25) is 0 Å². The number of oxime groups is 1. The molecule has 0 heterocycles. The highest BCUT2D eigenvalue weighted by Crippen LogP contribution is 2.69. The molecule has 4 aliphatic rings. The van der Waals surface area contributed by atoms with E-state index in [1.165, 1.54) is 12.8 Å². The van der Waals surface area contributed by atoms with Crippen LogP contribution in [0.25, 0.3) is 0 Å². The van der Waals surface area contributed by atoms with E-state index in [0.29, 0.717) is 35.7 Å². The van der Waals surface area contributed by atoms with Gasteiger partial charge in [0.25, 0.3) is 0 Å². The molecule has 0 saturated heterocycles. The van der Waals surface area contributed by atoms with Crippen molar-refractivity contribution in [2.75, 3.05) is 27.2 Å². The lowest BCUT2D eigenvalue weighted by atomic mass is 9.43. The molecule has 178 valence electrons. The molecule has 0 aromatic rings. The molecular weight excluding hydrogens is 388 g/mol. The number of fused-ring (bicyclic) bond motifs is 5. The van der Waals surface area contributed by atoms with Gasteiger partial charge in [-0.15, -0.1) is 0 Å². The summed E-state index contributed by atoms with van der Waals surface area (Å²) in [7, 11) is 4.08. The Bertz CT molecular complexity index is 682. The van der Waals surface area contributed by atoms with Crippen LogP contribution in [0.15, 0.2) is 5.16 Å². The molecule has 0 radical (unpaired) electrons. The minimum absolute atomic E-state index is 0.0219. The molecule has 0 unspecified atom stereocenters. The van der Waals surface area contributed by atoms with Gasteiger partial charge in [-0.25, -0.2) is 0 Å². The first kappa shape index (κ1) is 23.5. The Balaban J connectivity index is 1.46. The molecule has 0 bridgehead atoms. The van der Waals surface area contributed by atoms with E-state index in [2.05, 4.69) is 30.8 Å². The fraction of sp³-hybridized carbons (Fsp3) is 0.962. The van der Waals surface area contributed by atoms with Gasteiger partial charge in [-0.1, -0.05) is 19.0 Å². The third-order valence-electron chi connectivity index (χ3n) is 10.4. The van der Waals surface area contributed by atoms with E-state index in [4.69, 9.17) is 4.84 Å². The molecule has 5 heteroatoms. The van der Waals surface area contributed by atoms with Crippen LogP contribution < -0.4 is 0 Å². The van der Waals surface area contributed by atoms with Crippen molar-refractivity contribution in [3.05, 3.63) is 0 Å². The Morgan fingerprint density at radius 1 is 1.03 bits per heavy atom. The number of likely N-dealkylation sites (N-methyl/N-ethyl adjacent to an activating group) is 1. The zero-order valence-corrected chi connectivity index (χ0v) is 20.6. The van der Waals surface area contributed by atoms with Crippen molar-refractivity contribution in [3.63, 3.8) is 0 Å². The van der Waals surface area contributed by atoms with Crippen LogP contribution in [0.3, 0.4) is 0 Å². The predicted octanol–water partition coefficient (Wildman–Crippen LogP) is 4.47. The minimum atomic E-state index is -0.545. The molecule has 0 spiro atoms. The topological polar surface area (TPSA) is 65.3 Å². The molecular formula is C26H46N2O3. The Hall–Kier alpha value is -0.650. The molecule has 31 heavy (non-hydrogen) atoms. The summed E-state index contributed by atoms with van der Waals surface area (Å²) in [4.78, 5) is 7.64. The lowest BCUT2D eigenvalue weighted by molar-refractivity contribution is -0.209. The van der Waals surface area contributed by atoms with E-state index in [-0.39, 0.29) is 11.5 Å². The fourth-order valence-electron chi connectivity index (χ4n) is 8.41. The molecule has 4 fully saturated rings. The first-order valence-electron chi connectivity index (χ1n) is 12.8. The van der Waals surface area contributed by atoms with E-state index in [1.807, 2.05) is 14.1 Å². The first-order chi connectivity index (χ1) is 14.6. The van der Waals surface area contributed by atoms with Gasteiger partial charge in [0.1, 0.15) is 6.61 Å². The number of aliphatic hydroxyl groups is 2. The molecule has 0 aromatic heterocycles. The van der Waals surface area contributed by atoms with Crippen LogP contribution in [0.5, 0.6) is 0 Å². The maximum absolute atomic E-state index is 12.3. The van der Waals surface area contributed by atoms with Gasteiger partial charge in [-0.2, -0.15) is 0 Å². The lowest BCUT2D eigenvalue weighted by Gasteiger charge is -2.63. The standard InChI is InChI=1S/C26H46N2O3/c1-18(27-31-15-14-28(4)5)16-20-8-13-26(30)23-7-6-19-17-21(29)9-11-24(19,2)22(23)10-12-25(20,26)3/h19-23,29-30H,6-17H2,1-5H3/b27-18+/t19-,20-,21+,22+,23-,24+,25-,26+/m1/s1. The second-order valence-corrected chi connectivity index (χ2v) is 12.2. The highest BCUT2D eigenvalue weighted by Gasteiger charge is 2.66. The number of nitrogens with zero attached hydrogens (tertiary/aromatic N) is 2. The SMILES string of the molecule is C/C(C[C@H]1CC[C@]2(O)[C@@H]3CC[C@@H]4C[C@@H](O)CC[C@]4(C)[C@H]3CC[C@]12C)=N\OCCN(C)C. The molecule has 0 aromatic carbocycles. The zero-order chi connectivity index (χ0) is 22.4. The molecule has 4 aliphatic carbocycles. The normalized spacial score (nSPS) is 47.6. The summed E-state index contributed by atoms with van der Waals surface area (Å²) >= 11 is 0. The molecule has 0 aliphatic heterocycles. The van der Waals surface area contributed by atoms with Crippen molar-refractivity contribution >= 4 is 5.71 Å². The highest BCUT2D eigenvalue weighted by atomic mass is 16.6. The summed E-state index contributed by atoms with van der Waals surface area (Å²) in [5, 5.41) is 26.9. The first-order valence-corrected chi connectivity index (χ1v) is 12.8. The third kappa shape index (κ3) is 3.97. The summed E-state index contributed by atoms with van der Waals surface area (Å²) < 4.78 is 0. The van der Waals surface area contributed by atoms with Crippen LogP contribution in [0.1, 0.15) is 85.0 Å². The lowest BCUT2D eigenvalue weighted by Crippen LogP contribution is -2.62. The van der Waals surface area contributed by atoms with Crippen molar-refractivity contribution in [3.8, 4) is 0 Å². The molecule has 5 nitrogen and oxygen atoms in total. The second-order valence-electron chi connectivity index (χ2n) is 12.2. The largest absolute Gasteiger partial charge is 0.394 e. The van der Waals surface area contributed by atoms with Crippen molar-refractivity contribution < 1.29 is 15.1 Å². The van der Waals surface area contributed by atoms with Gasteiger partial charge in [0.2, 0.25) is 0 Å². The molecule has 4 rings (SSSR count). The van der Waals surface area contributed by atoms with Crippen LogP contribution in [-0.2, 0) is 4.84 Å². The van der Waals surface area contributed by atoms with E-state index in [9.17, 15) is 10.2 Å². The Labute approximate surface area is 189 Å². The Morgan fingerprint density at radius 3 is 2.55 bits per heavy atom. The van der Waals surface area contributed by atoms with Crippen LogP contribution >= 0.6 is 0 Å². The number of aliphatic hydroxyl groups excluding tert-OH is 1. The minimum Gasteiger partial charge on any atom is -0.394 e. The van der Waals surface area contributed by atoms with Gasteiger partial charge in [0.05, 0.1) is 17.4 Å². The Kier molecular flexibility index (Phi) is 6.53. The van der Waals surface area contributed by atoms with Gasteiger partial charge < -0.3 is 20.0 Å². The quantitative estimate of drug-likeness (QED) is 0.368. The van der Waals surface area contributed by atoms with Crippen molar-refractivity contribution in [2.24, 2.45) is 39.7 Å². The monoisotopic (exact) mass is 434 g/mol. The van der Waals surface area contributed by atoms with Gasteiger partial charge >= 0.3 is 0 Å². The predicted molar refractivity (Wildman–Crippen MR) is 125 cm³/mol. The van der Waals surface area contributed by atoms with Crippen molar-refractivity contribution in [2.45, 2.75) is 96.7 Å². The number of hydrogen-bond acceptors (Lipinski definition) is 5. The van der Waals surface area contributed by atoms with Crippen LogP contribution in [0, 0.1) is 34.5 Å². The maximum atomic E-state index is 12.3. The van der Waals surface area contributed by atoms with Gasteiger partial charge in [0.15, 0.2) is 0 Å². The van der Waals surface area contributed by atoms with Crippen molar-refractivity contribution in [1.29, 1.82) is 0 Å². The van der Waals surface area contributed by atoms with Crippen LogP contribution in [0.4, 0.5) is 0 Å². The number of hydrogen-bond donors (Lipinski definition) is 2. The highest BCUT2D eigenvalue weighted by molar-refractivity contribution is 5.81. The van der Waals surface area contributed by atoms with Gasteiger partial charge in [0, 0.05) is 6.54 Å². The van der Waals surface area contributed by atoms with Crippen LogP contribution in [-0.4, -0.2) is 59.8 Å². The Morgan fingerprint density at radius 2 is 1.81 bits per heavy atom. The zero-order valence-electron chi connectivity index (χ0n) is 20.6. The summed E-state index contributed by atoms with van der Waals surface area (Å²) in [6.07, 6.45) is 10.6. The molecule has 4 saturated carbocycles. The van der Waals surface area contributed by atoms with E-state index in [1.54, 1.807) is 0 Å². The number of rotatable bonds is 6. The average Bonchev–Trinajstić information content (AvgIpc) is 2.97. The van der Waals surface area contributed by atoms with Crippen LogP contribution in [0.2, 0.25) is 0 Å². The summed E-state index contributed by atoms with van der Waals surface area (Å²) in [6, 6.07) is 0. The summed E-state index contributed by atoms with van der Waals surface area (Å²) in [5.74, 6) is 2.15. The molecule has 2 N–H and O–H groups in total. The fourth-order valence-corrected chi connectivity index (χ4v) is 8.41. The molecule has 0 amide bonds. The summed E-state index contributed by atoms with van der Waals surface area (Å²) in [5.41, 5.74) is 0.797. The summed E-state index contributed by atoms with van der Waals surface area (Å²) in [6.45, 7) is 8.44. The maximum Gasteiger partial charge on any atom is 0.129 e. The van der Waals surface area contributed by atoms with Gasteiger partial charge in [-0.05, 0) is 120 Å². The average molecular weight is 435 g/mol. The van der Waals surface area contributed by atoms with Crippen molar-refractivity contribution in [1.82, 2.24) is 4.90 Å². The third-order valence-corrected chi connectivity index (χ3v) is 10.4. The van der Waals surface area contributed by atoms with E-state index < -0.39 is 5.60 Å². The van der Waals surface area contributed by atoms with E-state index in [0.717, 1.165) is 63.6 Å². The second kappa shape index (κ2) is 8.61. The molecule has 8 atom stereocenters. The smallest absolute Gasteiger partial charge is 0.129 e. The van der Waals surface area contributed by atoms with E-state index >= 15 is 0 Å².